The van der Waals surface area contributed by atoms with Gasteiger partial charge in [-0.15, -0.1) is 0 Å². The molecule has 4 aliphatic rings. The van der Waals surface area contributed by atoms with Gasteiger partial charge in [0.25, 0.3) is 5.91 Å². The van der Waals surface area contributed by atoms with Crippen LogP contribution in [0.15, 0.2) is 94.8 Å². The van der Waals surface area contributed by atoms with Gasteiger partial charge in [-0.1, -0.05) is 50.2 Å². The van der Waals surface area contributed by atoms with Crippen LogP contribution in [0.4, 0.5) is 0 Å². The van der Waals surface area contributed by atoms with E-state index in [-0.39, 0.29) is 40.9 Å². The number of hydrogen-bond donors (Lipinski definition) is 4. The van der Waals surface area contributed by atoms with E-state index < -0.39 is 113 Å². The molecule has 2 heterocycles. The van der Waals surface area contributed by atoms with Gasteiger partial charge in [0.15, 0.2) is 23.6 Å². The number of nitrogens with one attached hydrogen (secondary N) is 1. The number of amides is 1. The average Bonchev–Trinajstić information content (AvgIpc) is 3.76. The fourth-order valence-corrected chi connectivity index (χ4v) is 9.97. The van der Waals surface area contributed by atoms with Crippen LogP contribution in [0, 0.1) is 16.7 Å². The van der Waals surface area contributed by atoms with E-state index in [2.05, 4.69) is 5.32 Å². The highest BCUT2D eigenvalue weighted by atomic mass is 16.6. The van der Waals surface area contributed by atoms with Crippen molar-refractivity contribution in [3.8, 4) is 0 Å². The van der Waals surface area contributed by atoms with E-state index in [9.17, 15) is 39.3 Å². The Morgan fingerprint density at radius 1 is 0.885 bits per heavy atom. The van der Waals surface area contributed by atoms with Crippen molar-refractivity contribution in [2.45, 2.75) is 108 Å². The van der Waals surface area contributed by atoms with Crippen LogP contribution >= 0.6 is 0 Å². The Hall–Kier alpha value is -5.68. The van der Waals surface area contributed by atoms with Crippen molar-refractivity contribution in [3.63, 3.8) is 0 Å². The quantitative estimate of drug-likeness (QED) is 0.130. The number of aliphatic hydroxyl groups is 3. The van der Waals surface area contributed by atoms with E-state index in [4.69, 9.17) is 28.1 Å². The van der Waals surface area contributed by atoms with Crippen molar-refractivity contribution in [1.29, 1.82) is 0 Å². The highest BCUT2D eigenvalue weighted by molar-refractivity contribution is 5.96. The van der Waals surface area contributed by atoms with Crippen LogP contribution in [-0.4, -0.2) is 105 Å². The minimum absolute atomic E-state index is 0.0151. The van der Waals surface area contributed by atoms with Crippen LogP contribution in [0.25, 0.3) is 0 Å². The summed E-state index contributed by atoms with van der Waals surface area (Å²) in [5, 5.41) is 40.0. The maximum atomic E-state index is 15.4. The van der Waals surface area contributed by atoms with Gasteiger partial charge < -0.3 is 48.7 Å². The van der Waals surface area contributed by atoms with Gasteiger partial charge in [0, 0.05) is 43.2 Å². The second-order valence-corrected chi connectivity index (χ2v) is 17.0. The summed E-state index contributed by atoms with van der Waals surface area (Å²) in [7, 11) is 0. The van der Waals surface area contributed by atoms with Crippen LogP contribution < -0.4 is 5.32 Å². The van der Waals surface area contributed by atoms with E-state index in [1.165, 1.54) is 44.6 Å². The SMILES string of the molecule is CC(=O)O[C@H]1C(=O)[C@]2(C)[C@@H](O)CC3OC[C@@]3(OC(C)=O)[C@H]2[C@H](OC(=O)c2ccccc2)[C@]2(O)C[C@H](OC(=O)[C@H](O)[C@@H](NC(=O)c3ccccc3)c3ccoc3)C(C)=C1C2(C)C. The lowest BCUT2D eigenvalue weighted by Crippen LogP contribution is -2.82. The van der Waals surface area contributed by atoms with E-state index >= 15 is 4.79 Å². The fraction of sp³-hybridized carbons (Fsp3) is 0.467. The first kappa shape index (κ1) is 43.4. The van der Waals surface area contributed by atoms with E-state index in [1.54, 1.807) is 62.4 Å². The molecule has 7 rings (SSSR count). The Kier molecular flexibility index (Phi) is 11.4. The summed E-state index contributed by atoms with van der Waals surface area (Å²) in [4.78, 5) is 83.1. The van der Waals surface area contributed by atoms with Gasteiger partial charge in [0.1, 0.15) is 23.9 Å². The number of ether oxygens (including phenoxy) is 5. The normalized spacial score (nSPS) is 32.2. The molecular weight excluding hydrogens is 794 g/mol. The number of carbonyl (C=O) groups excluding carboxylic acids is 6. The number of benzene rings is 2. The van der Waals surface area contributed by atoms with Crippen molar-refractivity contribution >= 4 is 35.6 Å². The molecule has 3 aromatic rings. The summed E-state index contributed by atoms with van der Waals surface area (Å²) in [6.45, 7) is 7.91. The summed E-state index contributed by atoms with van der Waals surface area (Å²) in [5.74, 6) is -6.95. The number of furan rings is 1. The number of Topliss-reactive ketones (excluding diaryl/α,β-unsaturated/α-hetero) is 1. The number of hydrogen-bond acceptors (Lipinski definition) is 15. The molecule has 1 saturated heterocycles. The molecule has 16 nitrogen and oxygen atoms in total. The first-order chi connectivity index (χ1) is 28.8. The molecule has 4 N–H and O–H groups in total. The van der Waals surface area contributed by atoms with Crippen molar-refractivity contribution in [2.24, 2.45) is 16.7 Å². The van der Waals surface area contributed by atoms with Gasteiger partial charge in [-0.25, -0.2) is 9.59 Å². The highest BCUT2D eigenvalue weighted by Gasteiger charge is 2.78. The molecule has 1 amide bonds. The van der Waals surface area contributed by atoms with E-state index in [0.29, 0.717) is 0 Å². The molecule has 0 radical (unpaired) electrons. The first-order valence-corrected chi connectivity index (χ1v) is 19.9. The van der Waals surface area contributed by atoms with Crippen molar-refractivity contribution < 1.29 is 72.2 Å². The second-order valence-electron chi connectivity index (χ2n) is 17.0. The maximum absolute atomic E-state index is 15.4. The maximum Gasteiger partial charge on any atom is 0.338 e. The Morgan fingerprint density at radius 2 is 1.52 bits per heavy atom. The zero-order chi connectivity index (χ0) is 44.2. The van der Waals surface area contributed by atoms with Gasteiger partial charge in [0.2, 0.25) is 0 Å². The standard InChI is InChI=1S/C45H49NO15/c1-23-29(59-41(54)34(50)33(28-17-18-56-21-28)46-39(52)26-13-9-7-10-14-26)20-45(55)38(60-40(53)27-15-11-8-12-16-27)36-43(6,30(49)19-31-44(36,22-57-31)61-25(3)48)37(51)35(58-24(2)47)32(23)42(45,4)5/h7-18,21,29-31,33-36,38,49-50,55H,19-20,22H2,1-6H3,(H,46,52)/t29-,30-,31?,33-,34+,35+,36-,38-,43+,44-,45+/m0/s1. The molecule has 1 aromatic heterocycles. The Morgan fingerprint density at radius 3 is 2.08 bits per heavy atom. The molecule has 16 heteroatoms. The zero-order valence-electron chi connectivity index (χ0n) is 34.5. The number of ketones is 1. The molecule has 1 unspecified atom stereocenters. The molecule has 324 valence electrons. The lowest BCUT2D eigenvalue weighted by Gasteiger charge is -2.67. The molecule has 3 aliphatic carbocycles. The smallest absolute Gasteiger partial charge is 0.338 e. The third-order valence-electron chi connectivity index (χ3n) is 13.2. The minimum atomic E-state index is -2.40. The predicted octanol–water partition coefficient (Wildman–Crippen LogP) is 3.33. The Labute approximate surface area is 351 Å². The fourth-order valence-electron chi connectivity index (χ4n) is 9.97. The van der Waals surface area contributed by atoms with Crippen LogP contribution in [0.2, 0.25) is 0 Å². The van der Waals surface area contributed by atoms with Gasteiger partial charge >= 0.3 is 23.9 Å². The van der Waals surface area contributed by atoms with Gasteiger partial charge in [-0.3, -0.25) is 19.2 Å². The van der Waals surface area contributed by atoms with Crippen LogP contribution in [0.1, 0.15) is 86.7 Å². The average molecular weight is 844 g/mol. The summed E-state index contributed by atoms with van der Waals surface area (Å²) in [6, 6.07) is 15.9. The first-order valence-electron chi connectivity index (χ1n) is 19.9. The van der Waals surface area contributed by atoms with E-state index in [1.807, 2.05) is 0 Å². The second kappa shape index (κ2) is 16.0. The monoisotopic (exact) mass is 843 g/mol. The Balaban J connectivity index is 1.38. The largest absolute Gasteiger partial charge is 0.472 e. The molecule has 11 atom stereocenters. The van der Waals surface area contributed by atoms with Gasteiger partial charge in [-0.05, 0) is 55.3 Å². The molecule has 2 bridgehead atoms. The minimum Gasteiger partial charge on any atom is -0.472 e. The van der Waals surface area contributed by atoms with Crippen molar-refractivity contribution in [1.82, 2.24) is 5.32 Å². The topological polar surface area (TPSA) is 234 Å². The van der Waals surface area contributed by atoms with Crippen LogP contribution in [0.3, 0.4) is 0 Å². The highest BCUT2D eigenvalue weighted by Crippen LogP contribution is 2.64. The number of aliphatic hydroxyl groups excluding tert-OH is 2. The number of carbonyl (C=O) groups is 6. The molecule has 1 aliphatic heterocycles. The number of rotatable bonds is 10. The molecule has 61 heavy (non-hydrogen) atoms. The van der Waals surface area contributed by atoms with Crippen molar-refractivity contribution in [3.05, 3.63) is 107 Å². The third-order valence-corrected chi connectivity index (χ3v) is 13.2. The summed E-state index contributed by atoms with van der Waals surface area (Å²) in [5.41, 5.74) is -7.25. The van der Waals surface area contributed by atoms with Gasteiger partial charge in [-0.2, -0.15) is 0 Å². The van der Waals surface area contributed by atoms with E-state index in [0.717, 1.165) is 13.8 Å². The number of fused-ring (bicyclic) bond motifs is 5. The molecule has 0 spiro atoms. The van der Waals surface area contributed by atoms with Crippen LogP contribution in [-0.2, 0) is 42.9 Å². The van der Waals surface area contributed by atoms with Crippen LogP contribution in [0.5, 0.6) is 0 Å². The Bertz CT molecular complexity index is 2240. The number of esters is 4. The molecule has 3 fully saturated rings. The lowest BCUT2D eigenvalue weighted by atomic mass is 9.44. The summed E-state index contributed by atoms with van der Waals surface area (Å²) in [6.07, 6.45) is -8.09. The third kappa shape index (κ3) is 7.14. The molecular formula is C45H49NO15. The summed E-state index contributed by atoms with van der Waals surface area (Å²) < 4.78 is 35.4. The molecule has 2 aromatic carbocycles. The van der Waals surface area contributed by atoms with Gasteiger partial charge in [0.05, 0.1) is 48.2 Å². The zero-order valence-corrected chi connectivity index (χ0v) is 34.5. The predicted molar refractivity (Wildman–Crippen MR) is 210 cm³/mol. The summed E-state index contributed by atoms with van der Waals surface area (Å²) >= 11 is 0. The lowest BCUT2D eigenvalue weighted by molar-refractivity contribution is -0.346. The van der Waals surface area contributed by atoms with Crippen molar-refractivity contribution in [2.75, 3.05) is 6.61 Å². The molecule has 2 saturated carbocycles.